The van der Waals surface area contributed by atoms with Crippen LogP contribution in [0, 0.1) is 0 Å². The SMILES string of the molecule is CCC(=O)C1CC2NCCC2N1S(N)(=O)=O. The topological polar surface area (TPSA) is 92.5 Å². The van der Waals surface area contributed by atoms with Crippen LogP contribution in [-0.2, 0) is 15.0 Å². The van der Waals surface area contributed by atoms with E-state index in [9.17, 15) is 13.2 Å². The Morgan fingerprint density at radius 3 is 2.81 bits per heavy atom. The van der Waals surface area contributed by atoms with Crippen LogP contribution in [0.4, 0.5) is 0 Å². The molecule has 2 fully saturated rings. The predicted molar refractivity (Wildman–Crippen MR) is 58.8 cm³/mol. The third-order valence-electron chi connectivity index (χ3n) is 3.44. The zero-order chi connectivity index (χ0) is 11.9. The first-order valence-corrected chi connectivity index (χ1v) is 7.02. The zero-order valence-electron chi connectivity index (χ0n) is 9.22. The van der Waals surface area contributed by atoms with Crippen LogP contribution >= 0.6 is 0 Å². The van der Waals surface area contributed by atoms with Gasteiger partial charge >= 0.3 is 0 Å². The second-order valence-corrected chi connectivity index (χ2v) is 5.81. The monoisotopic (exact) mass is 247 g/mol. The summed E-state index contributed by atoms with van der Waals surface area (Å²) in [5.41, 5.74) is 0. The molecule has 3 unspecified atom stereocenters. The van der Waals surface area contributed by atoms with Crippen LogP contribution in [0.15, 0.2) is 0 Å². The molecule has 0 amide bonds. The van der Waals surface area contributed by atoms with Crippen LogP contribution in [0.1, 0.15) is 26.2 Å². The van der Waals surface area contributed by atoms with Crippen LogP contribution < -0.4 is 10.5 Å². The Balaban J connectivity index is 2.30. The van der Waals surface area contributed by atoms with Gasteiger partial charge in [-0.1, -0.05) is 6.92 Å². The van der Waals surface area contributed by atoms with E-state index in [1.54, 1.807) is 6.92 Å². The second kappa shape index (κ2) is 4.06. The lowest BCUT2D eigenvalue weighted by Crippen LogP contribution is -2.48. The minimum atomic E-state index is -3.79. The minimum absolute atomic E-state index is 0.0507. The van der Waals surface area contributed by atoms with E-state index in [1.807, 2.05) is 0 Å². The van der Waals surface area contributed by atoms with Gasteiger partial charge in [0.2, 0.25) is 0 Å². The zero-order valence-corrected chi connectivity index (χ0v) is 10.0. The van der Waals surface area contributed by atoms with Crippen LogP contribution in [0.3, 0.4) is 0 Å². The Kier molecular flexibility index (Phi) is 3.04. The Morgan fingerprint density at radius 2 is 2.25 bits per heavy atom. The van der Waals surface area contributed by atoms with E-state index >= 15 is 0 Å². The lowest BCUT2D eigenvalue weighted by molar-refractivity contribution is -0.122. The predicted octanol–water partition coefficient (Wildman–Crippen LogP) is -1.03. The van der Waals surface area contributed by atoms with Crippen molar-refractivity contribution in [3.8, 4) is 0 Å². The van der Waals surface area contributed by atoms with Crippen molar-refractivity contribution in [2.75, 3.05) is 6.54 Å². The van der Waals surface area contributed by atoms with Gasteiger partial charge in [0.1, 0.15) is 0 Å². The van der Waals surface area contributed by atoms with Crippen molar-refractivity contribution >= 4 is 16.0 Å². The Bertz CT molecular complexity index is 395. The molecule has 0 aromatic rings. The molecule has 16 heavy (non-hydrogen) atoms. The van der Waals surface area contributed by atoms with Gasteiger partial charge in [-0.15, -0.1) is 0 Å². The molecule has 92 valence electrons. The molecule has 0 bridgehead atoms. The molecule has 7 heteroatoms. The number of carbonyl (C=O) groups excluding carboxylic acids is 1. The maximum Gasteiger partial charge on any atom is 0.277 e. The highest BCUT2D eigenvalue weighted by molar-refractivity contribution is 7.86. The van der Waals surface area contributed by atoms with Gasteiger partial charge in [-0.25, -0.2) is 5.14 Å². The van der Waals surface area contributed by atoms with Crippen LogP contribution in [0.25, 0.3) is 0 Å². The summed E-state index contributed by atoms with van der Waals surface area (Å²) in [5, 5.41) is 8.41. The number of nitrogens with zero attached hydrogens (tertiary/aromatic N) is 1. The molecule has 0 radical (unpaired) electrons. The second-order valence-electron chi connectivity index (χ2n) is 4.36. The average molecular weight is 247 g/mol. The lowest BCUT2D eigenvalue weighted by Gasteiger charge is -2.24. The molecule has 2 heterocycles. The third-order valence-corrected chi connectivity index (χ3v) is 4.55. The van der Waals surface area contributed by atoms with E-state index < -0.39 is 16.3 Å². The highest BCUT2D eigenvalue weighted by Gasteiger charge is 2.50. The number of carbonyl (C=O) groups is 1. The fourth-order valence-electron chi connectivity index (χ4n) is 2.75. The summed E-state index contributed by atoms with van der Waals surface area (Å²) in [5.74, 6) is -0.0507. The number of fused-ring (bicyclic) bond motifs is 1. The fourth-order valence-corrected chi connectivity index (χ4v) is 3.94. The molecule has 0 spiro atoms. The highest BCUT2D eigenvalue weighted by Crippen LogP contribution is 2.32. The van der Waals surface area contributed by atoms with E-state index in [2.05, 4.69) is 5.32 Å². The van der Waals surface area contributed by atoms with Crippen molar-refractivity contribution in [2.24, 2.45) is 5.14 Å². The third kappa shape index (κ3) is 1.88. The highest BCUT2D eigenvalue weighted by atomic mass is 32.2. The molecule has 0 aromatic heterocycles. The van der Waals surface area contributed by atoms with E-state index in [0.29, 0.717) is 12.8 Å². The van der Waals surface area contributed by atoms with Crippen molar-refractivity contribution in [3.63, 3.8) is 0 Å². The van der Waals surface area contributed by atoms with Gasteiger partial charge in [-0.3, -0.25) is 4.79 Å². The minimum Gasteiger partial charge on any atom is -0.312 e. The number of rotatable bonds is 3. The first-order chi connectivity index (χ1) is 7.45. The molecule has 0 saturated carbocycles. The Labute approximate surface area is 95.4 Å². The van der Waals surface area contributed by atoms with Gasteiger partial charge in [-0.2, -0.15) is 12.7 Å². The number of nitrogens with one attached hydrogen (secondary N) is 1. The Hall–Kier alpha value is -0.500. The molecule has 3 N–H and O–H groups in total. The summed E-state index contributed by atoms with van der Waals surface area (Å²) in [6, 6.07) is -0.628. The quantitative estimate of drug-likeness (QED) is 0.667. The molecular weight excluding hydrogens is 230 g/mol. The van der Waals surface area contributed by atoms with Gasteiger partial charge < -0.3 is 5.32 Å². The largest absolute Gasteiger partial charge is 0.312 e. The summed E-state index contributed by atoms with van der Waals surface area (Å²) < 4.78 is 24.3. The maximum atomic E-state index is 11.7. The summed E-state index contributed by atoms with van der Waals surface area (Å²) in [6.45, 7) is 2.53. The maximum absolute atomic E-state index is 11.7. The van der Waals surface area contributed by atoms with Crippen molar-refractivity contribution in [2.45, 2.75) is 44.3 Å². The van der Waals surface area contributed by atoms with Crippen LogP contribution in [-0.4, -0.2) is 43.2 Å². The van der Waals surface area contributed by atoms with Gasteiger partial charge in [0.05, 0.1) is 6.04 Å². The van der Waals surface area contributed by atoms with E-state index in [4.69, 9.17) is 5.14 Å². The molecule has 6 nitrogen and oxygen atoms in total. The molecule has 2 aliphatic heterocycles. The molecule has 2 aliphatic rings. The number of ketones is 1. The molecule has 3 atom stereocenters. The Morgan fingerprint density at radius 1 is 1.56 bits per heavy atom. The summed E-state index contributed by atoms with van der Waals surface area (Å²) in [7, 11) is -3.79. The number of Topliss-reactive ketones (excluding diaryl/α,β-unsaturated/α-hetero) is 1. The molecule has 2 saturated heterocycles. The standard InChI is InChI=1S/C9H17N3O3S/c1-2-9(13)8-5-6-7(3-4-11-6)12(8)16(10,14)15/h6-8,11H,2-5H2,1H3,(H2,10,14,15). The molecule has 2 rings (SSSR count). The molecular formula is C9H17N3O3S. The van der Waals surface area contributed by atoms with Gasteiger partial charge in [0, 0.05) is 18.5 Å². The van der Waals surface area contributed by atoms with E-state index in [1.165, 1.54) is 4.31 Å². The van der Waals surface area contributed by atoms with Crippen molar-refractivity contribution in [3.05, 3.63) is 0 Å². The lowest BCUT2D eigenvalue weighted by atomic mass is 10.1. The number of hydrogen-bond acceptors (Lipinski definition) is 4. The molecule has 0 aliphatic carbocycles. The van der Waals surface area contributed by atoms with E-state index in [-0.39, 0.29) is 17.9 Å². The fraction of sp³-hybridized carbons (Fsp3) is 0.889. The van der Waals surface area contributed by atoms with Crippen molar-refractivity contribution in [1.82, 2.24) is 9.62 Å². The van der Waals surface area contributed by atoms with Gasteiger partial charge in [-0.05, 0) is 19.4 Å². The summed E-state index contributed by atoms with van der Waals surface area (Å²) in [6.07, 6.45) is 1.62. The first kappa shape index (κ1) is 12.0. The van der Waals surface area contributed by atoms with Gasteiger partial charge in [0.25, 0.3) is 10.2 Å². The van der Waals surface area contributed by atoms with Crippen molar-refractivity contribution < 1.29 is 13.2 Å². The van der Waals surface area contributed by atoms with Gasteiger partial charge in [0.15, 0.2) is 5.78 Å². The summed E-state index contributed by atoms with van der Waals surface area (Å²) >= 11 is 0. The van der Waals surface area contributed by atoms with Crippen LogP contribution in [0.2, 0.25) is 0 Å². The van der Waals surface area contributed by atoms with Crippen LogP contribution in [0.5, 0.6) is 0 Å². The number of hydrogen-bond donors (Lipinski definition) is 2. The van der Waals surface area contributed by atoms with E-state index in [0.717, 1.165) is 13.0 Å². The normalized spacial score (nSPS) is 35.2. The first-order valence-electron chi connectivity index (χ1n) is 5.52. The summed E-state index contributed by atoms with van der Waals surface area (Å²) in [4.78, 5) is 11.7. The average Bonchev–Trinajstić information content (AvgIpc) is 2.72. The smallest absolute Gasteiger partial charge is 0.277 e. The van der Waals surface area contributed by atoms with Crippen molar-refractivity contribution in [1.29, 1.82) is 0 Å². The number of nitrogens with two attached hydrogens (primary N) is 1. The molecule has 0 aromatic carbocycles.